The third-order valence-corrected chi connectivity index (χ3v) is 4.60. The fourth-order valence-electron chi connectivity index (χ4n) is 2.46. The summed E-state index contributed by atoms with van der Waals surface area (Å²) in [6.45, 7) is 1.99. The first-order valence-corrected chi connectivity index (χ1v) is 9.50. The zero-order chi connectivity index (χ0) is 20.6. The highest BCUT2D eigenvalue weighted by Gasteiger charge is 2.14. The topological polar surface area (TPSA) is 105 Å². The number of nitrogens with zero attached hydrogens (tertiary/aromatic N) is 2. The Hall–Kier alpha value is -3.72. The van der Waals surface area contributed by atoms with Crippen molar-refractivity contribution in [3.63, 3.8) is 0 Å². The Morgan fingerprint density at radius 3 is 2.69 bits per heavy atom. The number of nitrogens with one attached hydrogen (secondary N) is 3. The summed E-state index contributed by atoms with van der Waals surface area (Å²) >= 11 is 1.21. The number of hydrogen-bond donors (Lipinski definition) is 3. The number of carbonyl (C=O) groups is 2. The largest absolute Gasteiger partial charge is 0.495 e. The first-order chi connectivity index (χ1) is 14.1. The molecule has 8 nitrogen and oxygen atoms in total. The molecular weight excluding hydrogens is 390 g/mol. The number of para-hydroxylation sites is 2. The van der Waals surface area contributed by atoms with E-state index in [2.05, 4.69) is 26.1 Å². The fraction of sp³-hybridized carbons (Fsp3) is 0.100. The standard InChI is InChI=1S/C20H19N5O3S/c1-13-6-3-4-8-15(13)23-17-14(7-5-9-16(17)28-2)12-22-25-19(27)18(26)24-20-21-10-11-29-20/h3-12,23H,1-2H3,(H,25,27)(H,21,24,26)/b22-12-. The highest BCUT2D eigenvalue weighted by atomic mass is 32.1. The van der Waals surface area contributed by atoms with Gasteiger partial charge in [-0.05, 0) is 24.6 Å². The molecule has 0 aliphatic carbocycles. The number of amides is 2. The second-order valence-electron chi connectivity index (χ2n) is 5.85. The van der Waals surface area contributed by atoms with Crippen LogP contribution >= 0.6 is 11.3 Å². The van der Waals surface area contributed by atoms with Crippen molar-refractivity contribution in [1.29, 1.82) is 0 Å². The average Bonchev–Trinajstić information content (AvgIpc) is 3.23. The van der Waals surface area contributed by atoms with Gasteiger partial charge in [0.15, 0.2) is 5.13 Å². The number of thiazole rings is 1. The van der Waals surface area contributed by atoms with Crippen LogP contribution < -0.4 is 20.8 Å². The second kappa shape index (κ2) is 9.47. The maximum Gasteiger partial charge on any atom is 0.329 e. The SMILES string of the molecule is COc1cccc(/C=N\NC(=O)C(=O)Nc2nccs2)c1Nc1ccccc1C. The molecule has 1 aromatic heterocycles. The zero-order valence-electron chi connectivity index (χ0n) is 15.8. The molecular formula is C20H19N5O3S. The summed E-state index contributed by atoms with van der Waals surface area (Å²) in [6, 6.07) is 13.3. The van der Waals surface area contributed by atoms with E-state index in [0.29, 0.717) is 22.1 Å². The summed E-state index contributed by atoms with van der Waals surface area (Å²) in [5.74, 6) is -1.13. The van der Waals surface area contributed by atoms with Gasteiger partial charge in [0.2, 0.25) is 0 Å². The van der Waals surface area contributed by atoms with Crippen LogP contribution in [0, 0.1) is 6.92 Å². The maximum absolute atomic E-state index is 11.9. The molecule has 148 valence electrons. The van der Waals surface area contributed by atoms with Crippen molar-refractivity contribution in [2.45, 2.75) is 6.92 Å². The van der Waals surface area contributed by atoms with Gasteiger partial charge in [0.25, 0.3) is 0 Å². The molecule has 9 heteroatoms. The van der Waals surface area contributed by atoms with Gasteiger partial charge in [-0.2, -0.15) is 5.10 Å². The van der Waals surface area contributed by atoms with E-state index in [0.717, 1.165) is 11.3 Å². The molecule has 0 bridgehead atoms. The Labute approximate surface area is 171 Å². The zero-order valence-corrected chi connectivity index (χ0v) is 16.6. The summed E-state index contributed by atoms with van der Waals surface area (Å²) in [7, 11) is 1.57. The Balaban J connectivity index is 1.73. The van der Waals surface area contributed by atoms with E-state index in [1.54, 1.807) is 18.6 Å². The van der Waals surface area contributed by atoms with Crippen LogP contribution in [0.2, 0.25) is 0 Å². The van der Waals surface area contributed by atoms with Gasteiger partial charge in [0.1, 0.15) is 5.75 Å². The Morgan fingerprint density at radius 2 is 1.97 bits per heavy atom. The lowest BCUT2D eigenvalue weighted by molar-refractivity contribution is -0.136. The summed E-state index contributed by atoms with van der Waals surface area (Å²) in [5, 5.41) is 11.7. The predicted molar refractivity (Wildman–Crippen MR) is 114 cm³/mol. The second-order valence-corrected chi connectivity index (χ2v) is 6.75. The van der Waals surface area contributed by atoms with Crippen molar-refractivity contribution in [2.75, 3.05) is 17.7 Å². The number of benzene rings is 2. The highest BCUT2D eigenvalue weighted by Crippen LogP contribution is 2.31. The van der Waals surface area contributed by atoms with E-state index in [1.165, 1.54) is 23.7 Å². The van der Waals surface area contributed by atoms with Crippen LogP contribution in [0.25, 0.3) is 0 Å². The molecule has 0 unspecified atom stereocenters. The summed E-state index contributed by atoms with van der Waals surface area (Å²) in [5.41, 5.74) is 5.55. The number of hydrogen-bond acceptors (Lipinski definition) is 7. The lowest BCUT2D eigenvalue weighted by atomic mass is 10.1. The summed E-state index contributed by atoms with van der Waals surface area (Å²) in [4.78, 5) is 27.6. The van der Waals surface area contributed by atoms with Gasteiger partial charge in [-0.1, -0.05) is 30.3 Å². The molecule has 3 aromatic rings. The summed E-state index contributed by atoms with van der Waals surface area (Å²) < 4.78 is 5.44. The molecule has 2 aromatic carbocycles. The highest BCUT2D eigenvalue weighted by molar-refractivity contribution is 7.13. The molecule has 0 aliphatic rings. The first-order valence-electron chi connectivity index (χ1n) is 8.62. The van der Waals surface area contributed by atoms with Gasteiger partial charge >= 0.3 is 11.8 Å². The van der Waals surface area contributed by atoms with E-state index in [4.69, 9.17) is 4.74 Å². The smallest absolute Gasteiger partial charge is 0.329 e. The number of anilines is 3. The van der Waals surface area contributed by atoms with Gasteiger partial charge in [0.05, 0.1) is 19.0 Å². The van der Waals surface area contributed by atoms with Crippen LogP contribution in [0.1, 0.15) is 11.1 Å². The van der Waals surface area contributed by atoms with Crippen molar-refractivity contribution < 1.29 is 14.3 Å². The van der Waals surface area contributed by atoms with Crippen LogP contribution in [-0.2, 0) is 9.59 Å². The minimum Gasteiger partial charge on any atom is -0.495 e. The molecule has 0 saturated carbocycles. The predicted octanol–water partition coefficient (Wildman–Crippen LogP) is 3.29. The van der Waals surface area contributed by atoms with E-state index in [1.807, 2.05) is 43.3 Å². The number of aryl methyl sites for hydroxylation is 1. The molecule has 0 radical (unpaired) electrons. The van der Waals surface area contributed by atoms with Gasteiger partial charge in [-0.3, -0.25) is 14.9 Å². The third-order valence-electron chi connectivity index (χ3n) is 3.91. The first kappa shape index (κ1) is 20.0. The van der Waals surface area contributed by atoms with Crippen molar-refractivity contribution >= 4 is 45.9 Å². The lowest BCUT2D eigenvalue weighted by Crippen LogP contribution is -2.32. The van der Waals surface area contributed by atoms with Crippen molar-refractivity contribution in [1.82, 2.24) is 10.4 Å². The number of hydrazone groups is 1. The minimum absolute atomic E-state index is 0.339. The molecule has 0 saturated heterocycles. The number of carbonyl (C=O) groups excluding carboxylic acids is 2. The molecule has 29 heavy (non-hydrogen) atoms. The van der Waals surface area contributed by atoms with Crippen LogP contribution in [0.5, 0.6) is 5.75 Å². The van der Waals surface area contributed by atoms with E-state index in [9.17, 15) is 9.59 Å². The monoisotopic (exact) mass is 409 g/mol. The van der Waals surface area contributed by atoms with Crippen molar-refractivity contribution in [3.8, 4) is 5.75 Å². The van der Waals surface area contributed by atoms with Crippen molar-refractivity contribution in [2.24, 2.45) is 5.10 Å². The van der Waals surface area contributed by atoms with Gasteiger partial charge in [0, 0.05) is 22.8 Å². The Bertz CT molecular complexity index is 1030. The van der Waals surface area contributed by atoms with Crippen LogP contribution in [-0.4, -0.2) is 30.1 Å². The van der Waals surface area contributed by atoms with Crippen LogP contribution in [0.15, 0.2) is 59.1 Å². The molecule has 0 fully saturated rings. The van der Waals surface area contributed by atoms with Gasteiger partial charge < -0.3 is 10.1 Å². The molecule has 3 rings (SSSR count). The molecule has 1 heterocycles. The number of aromatic nitrogens is 1. The fourth-order valence-corrected chi connectivity index (χ4v) is 2.98. The number of rotatable bonds is 6. The normalized spacial score (nSPS) is 10.6. The van der Waals surface area contributed by atoms with Crippen LogP contribution in [0.3, 0.4) is 0 Å². The maximum atomic E-state index is 11.9. The van der Waals surface area contributed by atoms with Crippen molar-refractivity contribution in [3.05, 3.63) is 65.2 Å². The van der Waals surface area contributed by atoms with E-state index < -0.39 is 11.8 Å². The average molecular weight is 409 g/mol. The minimum atomic E-state index is -0.896. The van der Waals surface area contributed by atoms with Crippen LogP contribution in [0.4, 0.5) is 16.5 Å². The Kier molecular flexibility index (Phi) is 6.54. The van der Waals surface area contributed by atoms with E-state index in [-0.39, 0.29) is 0 Å². The molecule has 0 spiro atoms. The van der Waals surface area contributed by atoms with Gasteiger partial charge in [-0.15, -0.1) is 11.3 Å². The number of methoxy groups -OCH3 is 1. The Morgan fingerprint density at radius 1 is 1.14 bits per heavy atom. The molecule has 3 N–H and O–H groups in total. The molecule has 0 aliphatic heterocycles. The molecule has 0 atom stereocenters. The van der Waals surface area contributed by atoms with E-state index >= 15 is 0 Å². The molecule has 2 amide bonds. The lowest BCUT2D eigenvalue weighted by Gasteiger charge is -2.15. The quantitative estimate of drug-likeness (QED) is 0.329. The third kappa shape index (κ3) is 5.17. The summed E-state index contributed by atoms with van der Waals surface area (Å²) in [6.07, 6.45) is 2.97. The number of ether oxygens (including phenoxy) is 1. The van der Waals surface area contributed by atoms with Gasteiger partial charge in [-0.25, -0.2) is 10.4 Å².